The number of aromatic nitrogens is 2. The molecule has 0 atom stereocenters. The third kappa shape index (κ3) is 3.77. The van der Waals surface area contributed by atoms with Gasteiger partial charge in [-0.15, -0.1) is 0 Å². The Kier molecular flexibility index (Phi) is 5.51. The summed E-state index contributed by atoms with van der Waals surface area (Å²) in [5.74, 6) is -1.37. The zero-order chi connectivity index (χ0) is 20.4. The Morgan fingerprint density at radius 1 is 1.07 bits per heavy atom. The number of nitrogens with zero attached hydrogens (tertiary/aromatic N) is 3. The topological polar surface area (TPSA) is 67.2 Å². The maximum absolute atomic E-state index is 12.9. The monoisotopic (exact) mass is 396 g/mol. The van der Waals surface area contributed by atoms with E-state index in [1.54, 1.807) is 36.7 Å². The minimum absolute atomic E-state index is 0.301. The number of benzene rings is 2. The lowest BCUT2D eigenvalue weighted by Gasteiger charge is -2.18. The molecule has 0 saturated heterocycles. The lowest BCUT2D eigenvalue weighted by molar-refractivity contribution is -0.112. The van der Waals surface area contributed by atoms with Gasteiger partial charge in [-0.2, -0.15) is 5.10 Å². The summed E-state index contributed by atoms with van der Waals surface area (Å²) in [7, 11) is 3.69. The SMILES string of the molecule is Cc1nn(-c2ccccc2)c(C)c1C(=O)C(=O)Nc1cc(Cl)ccc1N(C)C. The molecule has 6 nitrogen and oxygen atoms in total. The van der Waals surface area contributed by atoms with Crippen LogP contribution < -0.4 is 10.2 Å². The number of carbonyl (C=O) groups is 2. The van der Waals surface area contributed by atoms with Crippen molar-refractivity contribution in [2.75, 3.05) is 24.3 Å². The Morgan fingerprint density at radius 3 is 2.39 bits per heavy atom. The summed E-state index contributed by atoms with van der Waals surface area (Å²) in [5.41, 5.74) is 3.46. The molecule has 0 radical (unpaired) electrons. The highest BCUT2D eigenvalue weighted by Gasteiger charge is 2.26. The number of para-hydroxylation sites is 1. The predicted molar refractivity (Wildman–Crippen MR) is 112 cm³/mol. The fourth-order valence-electron chi connectivity index (χ4n) is 3.08. The zero-order valence-electron chi connectivity index (χ0n) is 16.2. The highest BCUT2D eigenvalue weighted by molar-refractivity contribution is 6.47. The van der Waals surface area contributed by atoms with Crippen molar-refractivity contribution in [3.8, 4) is 5.69 Å². The van der Waals surface area contributed by atoms with Gasteiger partial charge in [0.15, 0.2) is 0 Å². The molecule has 1 heterocycles. The minimum atomic E-state index is -0.732. The van der Waals surface area contributed by atoms with E-state index in [2.05, 4.69) is 10.4 Å². The second kappa shape index (κ2) is 7.86. The molecule has 7 heteroatoms. The average Bonchev–Trinajstić information content (AvgIpc) is 2.96. The molecule has 3 rings (SSSR count). The summed E-state index contributed by atoms with van der Waals surface area (Å²) in [6.07, 6.45) is 0. The van der Waals surface area contributed by atoms with Crippen LogP contribution in [0, 0.1) is 13.8 Å². The van der Waals surface area contributed by atoms with Crippen LogP contribution in [0.1, 0.15) is 21.7 Å². The Labute approximate surface area is 168 Å². The van der Waals surface area contributed by atoms with Gasteiger partial charge in [0.1, 0.15) is 0 Å². The van der Waals surface area contributed by atoms with Crippen LogP contribution in [-0.2, 0) is 4.79 Å². The van der Waals surface area contributed by atoms with Crippen LogP contribution >= 0.6 is 11.6 Å². The number of aryl methyl sites for hydroxylation is 1. The molecular weight excluding hydrogens is 376 g/mol. The number of hydrogen-bond donors (Lipinski definition) is 1. The average molecular weight is 397 g/mol. The first-order valence-electron chi connectivity index (χ1n) is 8.73. The van der Waals surface area contributed by atoms with Crippen molar-refractivity contribution in [3.63, 3.8) is 0 Å². The third-order valence-corrected chi connectivity index (χ3v) is 4.65. The summed E-state index contributed by atoms with van der Waals surface area (Å²) in [6, 6.07) is 14.6. The fourth-order valence-corrected chi connectivity index (χ4v) is 3.25. The second-order valence-corrected chi connectivity index (χ2v) is 7.07. The van der Waals surface area contributed by atoms with Crippen LogP contribution in [0.25, 0.3) is 5.69 Å². The van der Waals surface area contributed by atoms with E-state index in [-0.39, 0.29) is 0 Å². The molecule has 1 amide bonds. The van der Waals surface area contributed by atoms with Gasteiger partial charge in [0, 0.05) is 19.1 Å². The number of nitrogens with one attached hydrogen (secondary N) is 1. The quantitative estimate of drug-likeness (QED) is 0.522. The molecule has 0 unspecified atom stereocenters. The maximum Gasteiger partial charge on any atom is 0.296 e. The molecule has 0 fully saturated rings. The Hall–Kier alpha value is -3.12. The van der Waals surface area contributed by atoms with Crippen LogP contribution in [0.4, 0.5) is 11.4 Å². The van der Waals surface area contributed by atoms with Gasteiger partial charge in [-0.25, -0.2) is 4.68 Å². The van der Waals surface area contributed by atoms with Crippen LogP contribution in [0.5, 0.6) is 0 Å². The van der Waals surface area contributed by atoms with Gasteiger partial charge >= 0.3 is 0 Å². The largest absolute Gasteiger partial charge is 0.376 e. The van der Waals surface area contributed by atoms with Crippen LogP contribution in [0.3, 0.4) is 0 Å². The van der Waals surface area contributed by atoms with E-state index in [4.69, 9.17) is 11.6 Å². The first kappa shape index (κ1) is 19.6. The molecule has 0 aliphatic rings. The summed E-state index contributed by atoms with van der Waals surface area (Å²) in [6.45, 7) is 3.50. The van der Waals surface area contributed by atoms with E-state index in [9.17, 15) is 9.59 Å². The van der Waals surface area contributed by atoms with Crippen molar-refractivity contribution >= 4 is 34.7 Å². The molecule has 2 aromatic carbocycles. The number of ketones is 1. The lowest BCUT2D eigenvalue weighted by atomic mass is 10.1. The molecule has 1 aromatic heterocycles. The number of amides is 1. The highest BCUT2D eigenvalue weighted by Crippen LogP contribution is 2.28. The first-order chi connectivity index (χ1) is 13.3. The maximum atomic E-state index is 12.9. The molecule has 0 aliphatic carbocycles. The van der Waals surface area contributed by atoms with E-state index >= 15 is 0 Å². The van der Waals surface area contributed by atoms with Crippen molar-refractivity contribution in [3.05, 3.63) is 70.5 Å². The minimum Gasteiger partial charge on any atom is -0.376 e. The van der Waals surface area contributed by atoms with Crippen molar-refractivity contribution in [2.24, 2.45) is 0 Å². The second-order valence-electron chi connectivity index (χ2n) is 6.63. The van der Waals surface area contributed by atoms with E-state index < -0.39 is 11.7 Å². The van der Waals surface area contributed by atoms with Crippen molar-refractivity contribution in [2.45, 2.75) is 13.8 Å². The predicted octanol–water partition coefficient (Wildman–Crippen LogP) is 4.03. The van der Waals surface area contributed by atoms with Gasteiger partial charge in [0.2, 0.25) is 0 Å². The summed E-state index contributed by atoms with van der Waals surface area (Å²) in [4.78, 5) is 27.4. The normalized spacial score (nSPS) is 10.6. The number of anilines is 2. The van der Waals surface area contributed by atoms with Gasteiger partial charge in [-0.05, 0) is 44.2 Å². The lowest BCUT2D eigenvalue weighted by Crippen LogP contribution is -2.25. The van der Waals surface area contributed by atoms with Crippen molar-refractivity contribution in [1.82, 2.24) is 9.78 Å². The number of hydrogen-bond acceptors (Lipinski definition) is 4. The zero-order valence-corrected chi connectivity index (χ0v) is 16.9. The standard InChI is InChI=1S/C21H21ClN4O2/c1-13-19(14(2)26(24-13)16-8-6-5-7-9-16)20(27)21(28)23-17-12-15(22)10-11-18(17)25(3)4/h5-12H,1-4H3,(H,23,28). The van der Waals surface area contributed by atoms with E-state index in [0.717, 1.165) is 11.4 Å². The number of halogens is 1. The summed E-state index contributed by atoms with van der Waals surface area (Å²) >= 11 is 6.06. The van der Waals surface area contributed by atoms with Crippen molar-refractivity contribution in [1.29, 1.82) is 0 Å². The smallest absolute Gasteiger partial charge is 0.296 e. The summed E-state index contributed by atoms with van der Waals surface area (Å²) in [5, 5.41) is 7.59. The Bertz CT molecular complexity index is 1040. The van der Waals surface area contributed by atoms with Gasteiger partial charge in [0.25, 0.3) is 11.7 Å². The van der Waals surface area contributed by atoms with E-state index in [1.165, 1.54) is 0 Å². The molecule has 144 valence electrons. The number of carbonyl (C=O) groups excluding carboxylic acids is 2. The van der Waals surface area contributed by atoms with Gasteiger partial charge in [0.05, 0.1) is 34.0 Å². The van der Waals surface area contributed by atoms with Crippen LogP contribution in [-0.4, -0.2) is 35.6 Å². The fraction of sp³-hybridized carbons (Fsp3) is 0.190. The van der Waals surface area contributed by atoms with Gasteiger partial charge in [-0.3, -0.25) is 9.59 Å². The number of Topliss-reactive ketones (excluding diaryl/α,β-unsaturated/α-hetero) is 1. The first-order valence-corrected chi connectivity index (χ1v) is 9.11. The molecular formula is C21H21ClN4O2. The van der Waals surface area contributed by atoms with Gasteiger partial charge < -0.3 is 10.2 Å². The third-order valence-electron chi connectivity index (χ3n) is 4.41. The van der Waals surface area contributed by atoms with E-state index in [1.807, 2.05) is 49.3 Å². The number of rotatable bonds is 5. The van der Waals surface area contributed by atoms with Crippen LogP contribution in [0.15, 0.2) is 48.5 Å². The molecule has 0 bridgehead atoms. The van der Waals surface area contributed by atoms with Crippen LogP contribution in [0.2, 0.25) is 5.02 Å². The molecule has 0 spiro atoms. The van der Waals surface area contributed by atoms with Gasteiger partial charge in [-0.1, -0.05) is 29.8 Å². The molecule has 1 N–H and O–H groups in total. The van der Waals surface area contributed by atoms with Crippen molar-refractivity contribution < 1.29 is 9.59 Å². The van der Waals surface area contributed by atoms with E-state index in [0.29, 0.717) is 27.7 Å². The summed E-state index contributed by atoms with van der Waals surface area (Å²) < 4.78 is 1.67. The molecule has 28 heavy (non-hydrogen) atoms. The Balaban J connectivity index is 1.92. The molecule has 3 aromatic rings. The molecule has 0 saturated carbocycles. The Morgan fingerprint density at radius 2 is 1.75 bits per heavy atom. The molecule has 0 aliphatic heterocycles. The highest BCUT2D eigenvalue weighted by atomic mass is 35.5.